The molecule has 0 fully saturated rings. The number of hydrogen-bond acceptors (Lipinski definition) is 4. The lowest BCUT2D eigenvalue weighted by atomic mass is 10.0. The normalized spacial score (nSPS) is 13.5. The van der Waals surface area contributed by atoms with Crippen molar-refractivity contribution >= 4 is 44.5 Å². The minimum atomic E-state index is -4.77. The summed E-state index contributed by atoms with van der Waals surface area (Å²) in [6.07, 6.45) is -4.77. The Morgan fingerprint density at radius 2 is 1.83 bits per heavy atom. The maximum atomic E-state index is 14.6. The molecule has 1 atom stereocenters. The summed E-state index contributed by atoms with van der Waals surface area (Å²) in [5.74, 6) is -0.154. The van der Waals surface area contributed by atoms with Crippen molar-refractivity contribution in [1.82, 2.24) is 14.6 Å². The van der Waals surface area contributed by atoms with Crippen LogP contribution in [0.4, 0.5) is 23.4 Å². The van der Waals surface area contributed by atoms with Crippen molar-refractivity contribution in [3.63, 3.8) is 0 Å². The summed E-state index contributed by atoms with van der Waals surface area (Å²) in [4.78, 5) is 0. The highest BCUT2D eigenvalue weighted by molar-refractivity contribution is 7.22. The van der Waals surface area contributed by atoms with Crippen LogP contribution in [0, 0.1) is 5.82 Å². The summed E-state index contributed by atoms with van der Waals surface area (Å²) >= 11 is 7.56. The van der Waals surface area contributed by atoms with Gasteiger partial charge in [0.1, 0.15) is 11.6 Å². The fourth-order valence-corrected chi connectivity index (χ4v) is 4.60. The fraction of sp³-hybridized carbons (Fsp3) is 0.300. The number of halogens is 5. The van der Waals surface area contributed by atoms with Crippen LogP contribution >= 0.6 is 22.9 Å². The predicted molar refractivity (Wildman–Crippen MR) is 111 cm³/mol. The van der Waals surface area contributed by atoms with Crippen LogP contribution in [0.25, 0.3) is 15.7 Å². The van der Waals surface area contributed by atoms with E-state index < -0.39 is 23.6 Å². The molecule has 30 heavy (non-hydrogen) atoms. The minimum Gasteiger partial charge on any atom is -0.360 e. The molecule has 158 valence electrons. The number of rotatable bonds is 4. The SMILES string of the molecule is CC(C)c1nnc(N[C@H](C)c2cccc(C(F)(F)F)c2F)c2cc3sc(Cl)cc3n12. The molecule has 0 amide bonds. The van der Waals surface area contributed by atoms with E-state index in [-0.39, 0.29) is 11.5 Å². The van der Waals surface area contributed by atoms with E-state index in [1.807, 2.05) is 30.4 Å². The molecule has 4 aromatic rings. The van der Waals surface area contributed by atoms with Crippen LogP contribution in [0.1, 0.15) is 49.7 Å². The number of nitrogens with one attached hydrogen (secondary N) is 1. The van der Waals surface area contributed by atoms with Gasteiger partial charge in [-0.1, -0.05) is 37.6 Å². The van der Waals surface area contributed by atoms with Gasteiger partial charge in [-0.25, -0.2) is 4.39 Å². The zero-order valence-corrected chi connectivity index (χ0v) is 17.8. The Balaban J connectivity index is 1.80. The molecule has 3 heterocycles. The molecule has 0 bridgehead atoms. The summed E-state index contributed by atoms with van der Waals surface area (Å²) in [5.41, 5.74) is 0.178. The van der Waals surface area contributed by atoms with E-state index in [2.05, 4.69) is 15.5 Å². The number of fused-ring (bicyclic) bond motifs is 3. The molecule has 3 aromatic heterocycles. The van der Waals surface area contributed by atoms with Crippen LogP contribution < -0.4 is 5.32 Å². The van der Waals surface area contributed by atoms with Crippen LogP contribution in [0.2, 0.25) is 4.34 Å². The molecule has 0 unspecified atom stereocenters. The molecular weight excluding hydrogens is 440 g/mol. The third-order valence-electron chi connectivity index (χ3n) is 4.85. The van der Waals surface area contributed by atoms with Gasteiger partial charge < -0.3 is 5.32 Å². The number of aromatic nitrogens is 3. The smallest absolute Gasteiger partial charge is 0.360 e. The summed E-state index contributed by atoms with van der Waals surface area (Å²) in [5, 5.41) is 11.6. The molecule has 0 aliphatic carbocycles. The molecule has 4 rings (SSSR count). The van der Waals surface area contributed by atoms with Gasteiger partial charge in [0.05, 0.1) is 31.7 Å². The largest absolute Gasteiger partial charge is 0.419 e. The van der Waals surface area contributed by atoms with Crippen molar-refractivity contribution in [3.8, 4) is 0 Å². The van der Waals surface area contributed by atoms with Gasteiger partial charge in [-0.2, -0.15) is 13.2 Å². The molecule has 0 radical (unpaired) electrons. The predicted octanol–water partition coefficient (Wildman–Crippen LogP) is 7.05. The second-order valence-electron chi connectivity index (χ2n) is 7.30. The first-order valence-corrected chi connectivity index (χ1v) is 10.4. The summed E-state index contributed by atoms with van der Waals surface area (Å²) in [6.45, 7) is 5.54. The average molecular weight is 457 g/mol. The number of hydrogen-bond donors (Lipinski definition) is 1. The van der Waals surface area contributed by atoms with Crippen molar-refractivity contribution in [2.24, 2.45) is 0 Å². The number of thiophene rings is 1. The lowest BCUT2D eigenvalue weighted by Gasteiger charge is -2.19. The molecule has 1 aromatic carbocycles. The highest BCUT2D eigenvalue weighted by Crippen LogP contribution is 2.37. The van der Waals surface area contributed by atoms with Crippen molar-refractivity contribution in [2.45, 2.75) is 38.9 Å². The van der Waals surface area contributed by atoms with Crippen LogP contribution in [0.3, 0.4) is 0 Å². The highest BCUT2D eigenvalue weighted by Gasteiger charge is 2.35. The van der Waals surface area contributed by atoms with E-state index in [1.165, 1.54) is 23.5 Å². The molecule has 0 spiro atoms. The van der Waals surface area contributed by atoms with Crippen LogP contribution in [0.15, 0.2) is 30.3 Å². The van der Waals surface area contributed by atoms with Gasteiger partial charge in [-0.15, -0.1) is 21.5 Å². The molecule has 10 heteroatoms. The third-order valence-corrected chi connectivity index (χ3v) is 6.05. The van der Waals surface area contributed by atoms with Crippen LogP contribution in [0.5, 0.6) is 0 Å². The monoisotopic (exact) mass is 456 g/mol. The fourth-order valence-electron chi connectivity index (χ4n) is 3.44. The minimum absolute atomic E-state index is 0.0710. The molecule has 0 saturated carbocycles. The van der Waals surface area contributed by atoms with Gasteiger partial charge in [-0.3, -0.25) is 4.40 Å². The maximum Gasteiger partial charge on any atom is 0.419 e. The average Bonchev–Trinajstić information content (AvgIpc) is 3.17. The molecule has 0 aliphatic rings. The quantitative estimate of drug-likeness (QED) is 0.334. The first kappa shape index (κ1) is 20.9. The molecule has 1 N–H and O–H groups in total. The molecule has 0 aliphatic heterocycles. The zero-order chi connectivity index (χ0) is 21.8. The summed E-state index contributed by atoms with van der Waals surface area (Å²) < 4.78 is 57.2. The summed E-state index contributed by atoms with van der Waals surface area (Å²) in [7, 11) is 0. The Labute approximate surface area is 178 Å². The number of alkyl halides is 3. The highest BCUT2D eigenvalue weighted by atomic mass is 35.5. The van der Waals surface area contributed by atoms with E-state index in [0.717, 1.165) is 22.1 Å². The number of benzene rings is 1. The number of anilines is 1. The van der Waals surface area contributed by atoms with Gasteiger partial charge >= 0.3 is 6.18 Å². The van der Waals surface area contributed by atoms with Crippen molar-refractivity contribution in [3.05, 3.63) is 57.4 Å². The van der Waals surface area contributed by atoms with Gasteiger partial charge in [-0.05, 0) is 25.1 Å². The van der Waals surface area contributed by atoms with Gasteiger partial charge in [0.25, 0.3) is 0 Å². The van der Waals surface area contributed by atoms with Crippen molar-refractivity contribution in [1.29, 1.82) is 0 Å². The Hall–Kier alpha value is -2.39. The molecule has 0 saturated heterocycles. The second kappa shape index (κ2) is 7.39. The Morgan fingerprint density at radius 3 is 2.50 bits per heavy atom. The maximum absolute atomic E-state index is 14.6. The lowest BCUT2D eigenvalue weighted by molar-refractivity contribution is -0.140. The molecular formula is C20H17ClF4N4S. The van der Waals surface area contributed by atoms with E-state index >= 15 is 0 Å². The van der Waals surface area contributed by atoms with E-state index in [4.69, 9.17) is 11.6 Å². The second-order valence-corrected chi connectivity index (χ2v) is 9.01. The van der Waals surface area contributed by atoms with E-state index in [1.54, 1.807) is 6.92 Å². The van der Waals surface area contributed by atoms with E-state index in [9.17, 15) is 17.6 Å². The van der Waals surface area contributed by atoms with Gasteiger partial charge in [0.2, 0.25) is 0 Å². The lowest BCUT2D eigenvalue weighted by Crippen LogP contribution is -2.16. The van der Waals surface area contributed by atoms with Crippen molar-refractivity contribution < 1.29 is 17.6 Å². The Morgan fingerprint density at radius 1 is 1.10 bits per heavy atom. The topological polar surface area (TPSA) is 42.2 Å². The van der Waals surface area contributed by atoms with Crippen LogP contribution in [-0.2, 0) is 6.18 Å². The Kier molecular flexibility index (Phi) is 5.14. The number of nitrogens with zero attached hydrogens (tertiary/aromatic N) is 3. The third kappa shape index (κ3) is 3.50. The van der Waals surface area contributed by atoms with Gasteiger partial charge in [0.15, 0.2) is 5.82 Å². The van der Waals surface area contributed by atoms with Gasteiger partial charge in [0, 0.05) is 11.5 Å². The van der Waals surface area contributed by atoms with Crippen molar-refractivity contribution in [2.75, 3.05) is 5.32 Å². The Bertz CT molecular complexity index is 1250. The van der Waals surface area contributed by atoms with Crippen LogP contribution in [-0.4, -0.2) is 14.6 Å². The molecule has 4 nitrogen and oxygen atoms in total. The first-order chi connectivity index (χ1) is 14.1. The zero-order valence-electron chi connectivity index (χ0n) is 16.2. The first-order valence-electron chi connectivity index (χ1n) is 9.17. The summed E-state index contributed by atoms with van der Waals surface area (Å²) in [6, 6.07) is 6.20. The standard InChI is InChI=1S/C20H17ClF4N4S/c1-9(2)19-28-27-18(14-7-15-13(29(14)19)8-16(21)30-15)26-10(3)11-5-4-6-12(17(11)22)20(23,24)25/h4-10H,1-3H3,(H,26,27)/t10-/m1/s1. The van der Waals surface area contributed by atoms with E-state index in [0.29, 0.717) is 15.7 Å².